The molecular weight excluding hydrogens is 158 g/mol. The highest BCUT2D eigenvalue weighted by Gasteiger charge is 2.22. The second-order valence-electron chi connectivity index (χ2n) is 4.17. The predicted octanol–water partition coefficient (Wildman–Crippen LogP) is 3.36. The Bertz CT molecular complexity index is 260. The summed E-state index contributed by atoms with van der Waals surface area (Å²) in [5.74, 6) is 0.644. The molecule has 1 heteroatoms. The third-order valence-corrected chi connectivity index (χ3v) is 3.18. The molecule has 0 saturated heterocycles. The fourth-order valence-electron chi connectivity index (χ4n) is 2.02. The average Bonchev–Trinajstić information content (AvgIpc) is 2.59. The molecule has 1 aliphatic heterocycles. The molecule has 1 radical (unpaired) electrons. The maximum atomic E-state index is 4.72. The van der Waals surface area contributed by atoms with Crippen molar-refractivity contribution in [3.63, 3.8) is 0 Å². The SMILES string of the molecule is CCC(C)C1=CC2=C(CCCC2)[N]1. The molecule has 0 aromatic heterocycles. The van der Waals surface area contributed by atoms with Crippen LogP contribution in [0.4, 0.5) is 0 Å². The van der Waals surface area contributed by atoms with E-state index in [0.717, 1.165) is 0 Å². The fourth-order valence-corrected chi connectivity index (χ4v) is 2.02. The zero-order chi connectivity index (χ0) is 9.26. The Labute approximate surface area is 80.9 Å². The molecule has 0 N–H and O–H groups in total. The van der Waals surface area contributed by atoms with Crippen molar-refractivity contribution in [1.29, 1.82) is 0 Å². The molecule has 1 aliphatic carbocycles. The van der Waals surface area contributed by atoms with Gasteiger partial charge in [0, 0.05) is 11.4 Å². The van der Waals surface area contributed by atoms with Gasteiger partial charge in [-0.1, -0.05) is 13.8 Å². The van der Waals surface area contributed by atoms with Gasteiger partial charge in [-0.25, -0.2) is 0 Å². The third-order valence-electron chi connectivity index (χ3n) is 3.18. The molecule has 1 heterocycles. The van der Waals surface area contributed by atoms with Crippen molar-refractivity contribution >= 4 is 0 Å². The van der Waals surface area contributed by atoms with E-state index in [9.17, 15) is 0 Å². The van der Waals surface area contributed by atoms with Gasteiger partial charge in [-0.15, -0.1) is 0 Å². The minimum Gasteiger partial charge on any atom is -0.257 e. The molecule has 0 amide bonds. The zero-order valence-corrected chi connectivity index (χ0v) is 8.64. The van der Waals surface area contributed by atoms with Crippen LogP contribution in [0.2, 0.25) is 0 Å². The van der Waals surface area contributed by atoms with Crippen LogP contribution in [0.5, 0.6) is 0 Å². The zero-order valence-electron chi connectivity index (χ0n) is 8.64. The van der Waals surface area contributed by atoms with Crippen molar-refractivity contribution < 1.29 is 0 Å². The van der Waals surface area contributed by atoms with E-state index < -0.39 is 0 Å². The summed E-state index contributed by atoms with van der Waals surface area (Å²) >= 11 is 0. The van der Waals surface area contributed by atoms with Gasteiger partial charge in [-0.2, -0.15) is 0 Å². The Morgan fingerprint density at radius 1 is 1.38 bits per heavy atom. The molecule has 1 unspecified atom stereocenters. The van der Waals surface area contributed by atoms with E-state index in [1.54, 1.807) is 0 Å². The van der Waals surface area contributed by atoms with E-state index in [2.05, 4.69) is 19.9 Å². The Morgan fingerprint density at radius 3 is 2.85 bits per heavy atom. The molecule has 2 rings (SSSR count). The molecule has 1 nitrogen and oxygen atoms in total. The van der Waals surface area contributed by atoms with Gasteiger partial charge in [0.05, 0.1) is 0 Å². The maximum absolute atomic E-state index is 4.72. The van der Waals surface area contributed by atoms with Gasteiger partial charge in [0.1, 0.15) is 0 Å². The van der Waals surface area contributed by atoms with Crippen LogP contribution in [0.3, 0.4) is 0 Å². The molecule has 0 aromatic carbocycles. The largest absolute Gasteiger partial charge is 0.257 e. The summed E-state index contributed by atoms with van der Waals surface area (Å²) in [4.78, 5) is 0. The average molecular weight is 176 g/mol. The molecule has 2 aliphatic rings. The minimum atomic E-state index is 0.644. The van der Waals surface area contributed by atoms with Gasteiger partial charge >= 0.3 is 0 Å². The molecule has 0 aromatic rings. The normalized spacial score (nSPS) is 23.7. The van der Waals surface area contributed by atoms with Crippen molar-refractivity contribution in [2.75, 3.05) is 0 Å². The molecule has 13 heavy (non-hydrogen) atoms. The first-order chi connectivity index (χ1) is 6.31. The molecule has 71 valence electrons. The lowest BCUT2D eigenvalue weighted by atomic mass is 9.97. The van der Waals surface area contributed by atoms with Crippen LogP contribution >= 0.6 is 0 Å². The smallest absolute Gasteiger partial charge is 0.0439 e. The molecule has 1 atom stereocenters. The summed E-state index contributed by atoms with van der Waals surface area (Å²) in [7, 11) is 0. The lowest BCUT2D eigenvalue weighted by Gasteiger charge is -2.13. The van der Waals surface area contributed by atoms with E-state index in [0.29, 0.717) is 5.92 Å². The minimum absolute atomic E-state index is 0.644. The Morgan fingerprint density at radius 2 is 2.15 bits per heavy atom. The standard InChI is InChI=1S/C12H18N/c1-3-9(2)12-8-10-6-4-5-7-11(10)13-12/h8-9H,3-7H2,1-2H3. The second-order valence-corrected chi connectivity index (χ2v) is 4.17. The number of allylic oxidation sites excluding steroid dienone is 4. The Balaban J connectivity index is 2.08. The van der Waals surface area contributed by atoms with Crippen molar-refractivity contribution in [3.8, 4) is 0 Å². The first kappa shape index (κ1) is 8.86. The topological polar surface area (TPSA) is 14.1 Å². The van der Waals surface area contributed by atoms with Crippen LogP contribution in [0.1, 0.15) is 46.0 Å². The molecular formula is C12H18N. The van der Waals surface area contributed by atoms with Gasteiger partial charge < -0.3 is 0 Å². The van der Waals surface area contributed by atoms with E-state index >= 15 is 0 Å². The van der Waals surface area contributed by atoms with Crippen molar-refractivity contribution in [2.45, 2.75) is 46.0 Å². The van der Waals surface area contributed by atoms with Gasteiger partial charge in [0.15, 0.2) is 0 Å². The number of rotatable bonds is 2. The summed E-state index contributed by atoms with van der Waals surface area (Å²) in [6.45, 7) is 4.51. The fraction of sp³-hybridized carbons (Fsp3) is 0.667. The van der Waals surface area contributed by atoms with Crippen LogP contribution in [-0.4, -0.2) is 0 Å². The van der Waals surface area contributed by atoms with Crippen molar-refractivity contribution in [1.82, 2.24) is 5.32 Å². The number of nitrogens with zero attached hydrogens (tertiary/aromatic N) is 1. The Kier molecular flexibility index (Phi) is 2.43. The van der Waals surface area contributed by atoms with Crippen LogP contribution in [-0.2, 0) is 0 Å². The molecule has 0 spiro atoms. The van der Waals surface area contributed by atoms with Crippen LogP contribution in [0, 0.1) is 5.92 Å². The van der Waals surface area contributed by atoms with Gasteiger partial charge in [-0.05, 0) is 49.7 Å². The highest BCUT2D eigenvalue weighted by atomic mass is 14.9. The molecule has 0 saturated carbocycles. The third kappa shape index (κ3) is 1.65. The summed E-state index contributed by atoms with van der Waals surface area (Å²) in [6, 6.07) is 0. The van der Waals surface area contributed by atoms with Crippen molar-refractivity contribution in [3.05, 3.63) is 23.0 Å². The lowest BCUT2D eigenvalue weighted by Crippen LogP contribution is -2.08. The summed E-state index contributed by atoms with van der Waals surface area (Å²) in [5, 5.41) is 4.72. The van der Waals surface area contributed by atoms with Crippen molar-refractivity contribution in [2.24, 2.45) is 5.92 Å². The lowest BCUT2D eigenvalue weighted by molar-refractivity contribution is 0.598. The quantitative estimate of drug-likeness (QED) is 0.612. The van der Waals surface area contributed by atoms with E-state index in [1.165, 1.54) is 49.1 Å². The molecule has 0 bridgehead atoms. The van der Waals surface area contributed by atoms with Gasteiger partial charge in [-0.3, -0.25) is 5.32 Å². The summed E-state index contributed by atoms with van der Waals surface area (Å²) in [6.07, 6.45) is 8.71. The second kappa shape index (κ2) is 3.57. The first-order valence-electron chi connectivity index (χ1n) is 5.46. The van der Waals surface area contributed by atoms with Crippen LogP contribution < -0.4 is 5.32 Å². The van der Waals surface area contributed by atoms with Gasteiger partial charge in [0.2, 0.25) is 0 Å². The van der Waals surface area contributed by atoms with Crippen LogP contribution in [0.25, 0.3) is 0 Å². The highest BCUT2D eigenvalue weighted by molar-refractivity contribution is 5.38. The maximum Gasteiger partial charge on any atom is 0.0439 e. The number of hydrogen-bond donors (Lipinski definition) is 0. The van der Waals surface area contributed by atoms with E-state index in [-0.39, 0.29) is 0 Å². The van der Waals surface area contributed by atoms with Gasteiger partial charge in [0.25, 0.3) is 0 Å². The first-order valence-corrected chi connectivity index (χ1v) is 5.46. The highest BCUT2D eigenvalue weighted by Crippen LogP contribution is 2.33. The Hall–Kier alpha value is -0.720. The monoisotopic (exact) mass is 176 g/mol. The summed E-state index contributed by atoms with van der Waals surface area (Å²) < 4.78 is 0. The molecule has 0 fully saturated rings. The van der Waals surface area contributed by atoms with E-state index in [1.807, 2.05) is 0 Å². The summed E-state index contributed by atoms with van der Waals surface area (Å²) in [5.41, 5.74) is 4.25. The van der Waals surface area contributed by atoms with Crippen LogP contribution in [0.15, 0.2) is 23.0 Å². The number of hydrogen-bond acceptors (Lipinski definition) is 0. The predicted molar refractivity (Wildman–Crippen MR) is 55.2 cm³/mol. The van der Waals surface area contributed by atoms with E-state index in [4.69, 9.17) is 5.32 Å².